The van der Waals surface area contributed by atoms with Crippen molar-refractivity contribution in [3.8, 4) is 0 Å². The first-order valence-electron chi connectivity index (χ1n) is 6.39. The standard InChI is InChI=1S/C12H26N2O2/c1-15-10-8-14(7-4-6-13)11-12-5-2-3-9-16-12/h12H,2-11,13H2,1H3. The molecule has 0 amide bonds. The molecule has 1 heterocycles. The van der Waals surface area contributed by atoms with Crippen molar-refractivity contribution in [1.82, 2.24) is 4.90 Å². The fraction of sp³-hybridized carbons (Fsp3) is 1.00. The van der Waals surface area contributed by atoms with Gasteiger partial charge in [0.25, 0.3) is 0 Å². The highest BCUT2D eigenvalue weighted by Crippen LogP contribution is 2.13. The Morgan fingerprint density at radius 1 is 1.38 bits per heavy atom. The van der Waals surface area contributed by atoms with Crippen LogP contribution in [-0.4, -0.2) is 57.5 Å². The average molecular weight is 230 g/mol. The second kappa shape index (κ2) is 8.93. The SMILES string of the molecule is COCCN(CCCN)CC1CCCCO1. The summed E-state index contributed by atoms with van der Waals surface area (Å²) < 4.78 is 10.9. The molecule has 0 aromatic heterocycles. The van der Waals surface area contributed by atoms with Gasteiger partial charge in [-0.05, 0) is 38.8 Å². The van der Waals surface area contributed by atoms with Crippen LogP contribution in [0.1, 0.15) is 25.7 Å². The van der Waals surface area contributed by atoms with E-state index in [-0.39, 0.29) is 0 Å². The minimum Gasteiger partial charge on any atom is -0.383 e. The number of nitrogens with zero attached hydrogens (tertiary/aromatic N) is 1. The predicted octanol–water partition coefficient (Wildman–Crippen LogP) is 0.853. The number of rotatable bonds is 8. The van der Waals surface area contributed by atoms with Gasteiger partial charge in [0.2, 0.25) is 0 Å². The van der Waals surface area contributed by atoms with Gasteiger partial charge >= 0.3 is 0 Å². The molecule has 0 saturated carbocycles. The van der Waals surface area contributed by atoms with E-state index in [2.05, 4.69) is 4.90 Å². The maximum absolute atomic E-state index is 5.75. The maximum atomic E-state index is 5.75. The summed E-state index contributed by atoms with van der Waals surface area (Å²) in [6.07, 6.45) is 5.20. The highest BCUT2D eigenvalue weighted by Gasteiger charge is 2.17. The molecular formula is C12H26N2O2. The van der Waals surface area contributed by atoms with Gasteiger partial charge in [0, 0.05) is 26.8 Å². The van der Waals surface area contributed by atoms with Gasteiger partial charge in [0.05, 0.1) is 12.7 Å². The summed E-state index contributed by atoms with van der Waals surface area (Å²) in [7, 11) is 1.75. The molecule has 4 heteroatoms. The van der Waals surface area contributed by atoms with Crippen molar-refractivity contribution in [2.45, 2.75) is 31.8 Å². The number of methoxy groups -OCH3 is 1. The third-order valence-electron chi connectivity index (χ3n) is 3.03. The zero-order valence-corrected chi connectivity index (χ0v) is 10.5. The Morgan fingerprint density at radius 3 is 2.88 bits per heavy atom. The Hall–Kier alpha value is -0.160. The molecule has 0 radical (unpaired) electrons. The van der Waals surface area contributed by atoms with Crippen LogP contribution in [0.3, 0.4) is 0 Å². The van der Waals surface area contributed by atoms with Crippen molar-refractivity contribution in [3.05, 3.63) is 0 Å². The van der Waals surface area contributed by atoms with Crippen LogP contribution in [0.4, 0.5) is 0 Å². The Kier molecular flexibility index (Phi) is 7.76. The van der Waals surface area contributed by atoms with Crippen LogP contribution >= 0.6 is 0 Å². The zero-order valence-electron chi connectivity index (χ0n) is 10.5. The van der Waals surface area contributed by atoms with Crippen LogP contribution in [0.5, 0.6) is 0 Å². The Balaban J connectivity index is 2.23. The molecule has 16 heavy (non-hydrogen) atoms. The molecule has 0 aliphatic carbocycles. The topological polar surface area (TPSA) is 47.7 Å². The van der Waals surface area contributed by atoms with Crippen molar-refractivity contribution in [3.63, 3.8) is 0 Å². The van der Waals surface area contributed by atoms with Crippen LogP contribution in [0.15, 0.2) is 0 Å². The summed E-state index contributed by atoms with van der Waals surface area (Å²) in [4.78, 5) is 2.41. The van der Waals surface area contributed by atoms with Crippen molar-refractivity contribution >= 4 is 0 Å². The minimum absolute atomic E-state index is 0.420. The highest BCUT2D eigenvalue weighted by molar-refractivity contribution is 4.69. The summed E-state index contributed by atoms with van der Waals surface area (Å²) in [5.41, 5.74) is 5.55. The van der Waals surface area contributed by atoms with Crippen molar-refractivity contribution in [1.29, 1.82) is 0 Å². The van der Waals surface area contributed by atoms with E-state index in [9.17, 15) is 0 Å². The fourth-order valence-corrected chi connectivity index (χ4v) is 2.07. The summed E-state index contributed by atoms with van der Waals surface area (Å²) in [5.74, 6) is 0. The van der Waals surface area contributed by atoms with Crippen LogP contribution < -0.4 is 5.73 Å². The largest absolute Gasteiger partial charge is 0.383 e. The molecule has 1 aliphatic heterocycles. The van der Waals surface area contributed by atoms with Crippen LogP contribution in [-0.2, 0) is 9.47 Å². The third kappa shape index (κ3) is 5.80. The lowest BCUT2D eigenvalue weighted by molar-refractivity contribution is -0.00920. The predicted molar refractivity (Wildman–Crippen MR) is 65.6 cm³/mol. The first-order valence-corrected chi connectivity index (χ1v) is 6.39. The molecule has 0 aromatic rings. The first-order chi connectivity index (χ1) is 7.86. The first kappa shape index (κ1) is 13.9. The van der Waals surface area contributed by atoms with E-state index in [0.717, 1.165) is 45.8 Å². The zero-order chi connectivity index (χ0) is 11.6. The highest BCUT2D eigenvalue weighted by atomic mass is 16.5. The van der Waals surface area contributed by atoms with Gasteiger partial charge in [0.1, 0.15) is 0 Å². The molecule has 4 nitrogen and oxygen atoms in total. The van der Waals surface area contributed by atoms with Gasteiger partial charge in [0.15, 0.2) is 0 Å². The van der Waals surface area contributed by atoms with E-state index >= 15 is 0 Å². The molecule has 1 aliphatic rings. The Bertz CT molecular complexity index is 153. The van der Waals surface area contributed by atoms with E-state index in [1.165, 1.54) is 19.3 Å². The van der Waals surface area contributed by atoms with Crippen molar-refractivity contribution < 1.29 is 9.47 Å². The van der Waals surface area contributed by atoms with Crippen LogP contribution in [0, 0.1) is 0 Å². The van der Waals surface area contributed by atoms with Crippen molar-refractivity contribution in [2.75, 3.05) is 46.5 Å². The summed E-state index contributed by atoms with van der Waals surface area (Å²) >= 11 is 0. The quantitative estimate of drug-likeness (QED) is 0.671. The molecule has 1 rings (SSSR count). The lowest BCUT2D eigenvalue weighted by atomic mass is 10.1. The molecule has 1 fully saturated rings. The van der Waals surface area contributed by atoms with Crippen LogP contribution in [0.2, 0.25) is 0 Å². The van der Waals surface area contributed by atoms with Gasteiger partial charge < -0.3 is 15.2 Å². The molecule has 0 bridgehead atoms. The fourth-order valence-electron chi connectivity index (χ4n) is 2.07. The Morgan fingerprint density at radius 2 is 2.25 bits per heavy atom. The van der Waals surface area contributed by atoms with Gasteiger partial charge in [-0.2, -0.15) is 0 Å². The second-order valence-electron chi connectivity index (χ2n) is 4.42. The van der Waals surface area contributed by atoms with E-state index in [0.29, 0.717) is 6.10 Å². The van der Waals surface area contributed by atoms with Gasteiger partial charge in [-0.15, -0.1) is 0 Å². The monoisotopic (exact) mass is 230 g/mol. The normalized spacial score (nSPS) is 21.6. The molecule has 2 N–H and O–H groups in total. The molecular weight excluding hydrogens is 204 g/mol. The van der Waals surface area contributed by atoms with Gasteiger partial charge in [-0.25, -0.2) is 0 Å². The molecule has 1 atom stereocenters. The van der Waals surface area contributed by atoms with Crippen LogP contribution in [0.25, 0.3) is 0 Å². The van der Waals surface area contributed by atoms with E-state index in [4.69, 9.17) is 15.2 Å². The summed E-state index contributed by atoms with van der Waals surface area (Å²) in [5, 5.41) is 0. The summed E-state index contributed by atoms with van der Waals surface area (Å²) in [6.45, 7) is 5.55. The average Bonchev–Trinajstić information content (AvgIpc) is 2.34. The van der Waals surface area contributed by atoms with E-state index in [1.54, 1.807) is 7.11 Å². The molecule has 0 aromatic carbocycles. The summed E-state index contributed by atoms with van der Waals surface area (Å²) in [6, 6.07) is 0. The third-order valence-corrected chi connectivity index (χ3v) is 3.03. The second-order valence-corrected chi connectivity index (χ2v) is 4.42. The Labute approximate surface area is 99.1 Å². The maximum Gasteiger partial charge on any atom is 0.0702 e. The van der Waals surface area contributed by atoms with Crippen molar-refractivity contribution in [2.24, 2.45) is 5.73 Å². The van der Waals surface area contributed by atoms with E-state index < -0.39 is 0 Å². The molecule has 96 valence electrons. The lowest BCUT2D eigenvalue weighted by Crippen LogP contribution is -2.38. The van der Waals surface area contributed by atoms with Gasteiger partial charge in [-0.3, -0.25) is 4.90 Å². The number of ether oxygens (including phenoxy) is 2. The molecule has 0 spiro atoms. The number of hydrogen-bond donors (Lipinski definition) is 1. The lowest BCUT2D eigenvalue weighted by Gasteiger charge is -2.29. The smallest absolute Gasteiger partial charge is 0.0702 e. The minimum atomic E-state index is 0.420. The molecule has 1 unspecified atom stereocenters. The van der Waals surface area contributed by atoms with E-state index in [1.807, 2.05) is 0 Å². The number of nitrogens with two attached hydrogens (primary N) is 1. The molecule has 1 saturated heterocycles. The van der Waals surface area contributed by atoms with Gasteiger partial charge in [-0.1, -0.05) is 0 Å². The number of hydrogen-bond acceptors (Lipinski definition) is 4.